The van der Waals surface area contributed by atoms with Crippen molar-refractivity contribution >= 4 is 18.3 Å². The number of amides is 1. The molecule has 2 N–H and O–H groups in total. The van der Waals surface area contributed by atoms with Crippen molar-refractivity contribution in [1.82, 2.24) is 4.90 Å². The molecule has 0 aliphatic heterocycles. The van der Waals surface area contributed by atoms with Crippen molar-refractivity contribution in [2.75, 3.05) is 6.54 Å². The highest BCUT2D eigenvalue weighted by molar-refractivity contribution is 5.85. The van der Waals surface area contributed by atoms with Crippen LogP contribution in [-0.2, 0) is 4.79 Å². The predicted molar refractivity (Wildman–Crippen MR) is 89.4 cm³/mol. The van der Waals surface area contributed by atoms with E-state index in [2.05, 4.69) is 6.92 Å². The Bertz CT molecular complexity index is 432. The maximum absolute atomic E-state index is 12.7. The lowest BCUT2D eigenvalue weighted by molar-refractivity contribution is -0.137. The standard InChI is InChI=1S/C17H26N2O.ClH/c1-3-19(15-11-7-8-12-15)17(20)13(2)16(18)14-9-5-4-6-10-14;/h4-6,9-10,13,15-16H,3,7-8,11-12,18H2,1-2H3;1H. The van der Waals surface area contributed by atoms with Crippen LogP contribution in [0.25, 0.3) is 0 Å². The van der Waals surface area contributed by atoms with E-state index < -0.39 is 0 Å². The maximum atomic E-state index is 12.7. The number of nitrogens with two attached hydrogens (primary N) is 1. The number of carbonyl (C=O) groups is 1. The van der Waals surface area contributed by atoms with Gasteiger partial charge in [-0.25, -0.2) is 0 Å². The van der Waals surface area contributed by atoms with Crippen molar-refractivity contribution in [3.05, 3.63) is 35.9 Å². The third-order valence-corrected chi connectivity index (χ3v) is 4.50. The molecule has 0 radical (unpaired) electrons. The highest BCUT2D eigenvalue weighted by Gasteiger charge is 2.31. The number of halogens is 1. The van der Waals surface area contributed by atoms with Gasteiger partial charge in [-0.15, -0.1) is 12.4 Å². The average Bonchev–Trinajstić information content (AvgIpc) is 3.01. The zero-order chi connectivity index (χ0) is 14.5. The highest BCUT2D eigenvalue weighted by Crippen LogP contribution is 2.27. The smallest absolute Gasteiger partial charge is 0.227 e. The summed E-state index contributed by atoms with van der Waals surface area (Å²) in [6.07, 6.45) is 4.78. The summed E-state index contributed by atoms with van der Waals surface area (Å²) in [5, 5.41) is 0. The molecule has 3 nitrogen and oxygen atoms in total. The number of carbonyl (C=O) groups excluding carboxylic acids is 1. The van der Waals surface area contributed by atoms with Crippen molar-refractivity contribution < 1.29 is 4.79 Å². The van der Waals surface area contributed by atoms with Crippen LogP contribution in [0.4, 0.5) is 0 Å². The summed E-state index contributed by atoms with van der Waals surface area (Å²) in [6, 6.07) is 10.1. The first-order valence-corrected chi connectivity index (χ1v) is 7.76. The lowest BCUT2D eigenvalue weighted by Gasteiger charge is -2.32. The Morgan fingerprint density at radius 3 is 2.38 bits per heavy atom. The topological polar surface area (TPSA) is 46.3 Å². The molecule has 4 heteroatoms. The third-order valence-electron chi connectivity index (χ3n) is 4.50. The van der Waals surface area contributed by atoms with E-state index in [0.717, 1.165) is 24.9 Å². The second kappa shape index (κ2) is 8.40. The Morgan fingerprint density at radius 2 is 1.86 bits per heavy atom. The van der Waals surface area contributed by atoms with Crippen LogP contribution in [-0.4, -0.2) is 23.4 Å². The van der Waals surface area contributed by atoms with E-state index >= 15 is 0 Å². The fraction of sp³-hybridized carbons (Fsp3) is 0.588. The van der Waals surface area contributed by atoms with E-state index in [1.165, 1.54) is 12.8 Å². The van der Waals surface area contributed by atoms with E-state index in [9.17, 15) is 4.79 Å². The molecule has 2 atom stereocenters. The fourth-order valence-electron chi connectivity index (χ4n) is 3.19. The van der Waals surface area contributed by atoms with Gasteiger partial charge >= 0.3 is 0 Å². The van der Waals surface area contributed by atoms with E-state index in [1.54, 1.807) is 0 Å². The first-order chi connectivity index (χ1) is 9.65. The molecule has 0 heterocycles. The molecule has 1 amide bonds. The zero-order valence-electron chi connectivity index (χ0n) is 13.0. The van der Waals surface area contributed by atoms with Crippen molar-refractivity contribution in [3.8, 4) is 0 Å². The van der Waals surface area contributed by atoms with Gasteiger partial charge in [0, 0.05) is 18.6 Å². The highest BCUT2D eigenvalue weighted by atomic mass is 35.5. The molecule has 1 aromatic rings. The molecule has 2 rings (SSSR count). The third kappa shape index (κ3) is 4.21. The van der Waals surface area contributed by atoms with E-state index in [4.69, 9.17) is 5.73 Å². The number of benzene rings is 1. The molecular weight excluding hydrogens is 284 g/mol. The first-order valence-electron chi connectivity index (χ1n) is 7.76. The second-order valence-corrected chi connectivity index (χ2v) is 5.79. The van der Waals surface area contributed by atoms with Crippen molar-refractivity contribution in [1.29, 1.82) is 0 Å². The zero-order valence-corrected chi connectivity index (χ0v) is 13.8. The Labute approximate surface area is 134 Å². The summed E-state index contributed by atoms with van der Waals surface area (Å²) >= 11 is 0. The van der Waals surface area contributed by atoms with Gasteiger partial charge in [0.2, 0.25) is 5.91 Å². The van der Waals surface area contributed by atoms with Crippen molar-refractivity contribution in [2.45, 2.75) is 51.6 Å². The van der Waals surface area contributed by atoms with Crippen LogP contribution in [0.1, 0.15) is 51.1 Å². The van der Waals surface area contributed by atoms with Gasteiger partial charge in [0.15, 0.2) is 0 Å². The minimum Gasteiger partial charge on any atom is -0.340 e. The van der Waals surface area contributed by atoms with Gasteiger partial charge in [-0.2, -0.15) is 0 Å². The summed E-state index contributed by atoms with van der Waals surface area (Å²) in [6.45, 7) is 4.81. The molecule has 0 spiro atoms. The summed E-state index contributed by atoms with van der Waals surface area (Å²) in [5.41, 5.74) is 7.32. The second-order valence-electron chi connectivity index (χ2n) is 5.79. The van der Waals surface area contributed by atoms with Gasteiger partial charge in [-0.1, -0.05) is 50.1 Å². The maximum Gasteiger partial charge on any atom is 0.227 e. The summed E-state index contributed by atoms with van der Waals surface area (Å²) in [7, 11) is 0. The minimum absolute atomic E-state index is 0. The number of hydrogen-bond donors (Lipinski definition) is 1. The number of nitrogens with zero attached hydrogens (tertiary/aromatic N) is 1. The molecule has 1 saturated carbocycles. The average molecular weight is 311 g/mol. The quantitative estimate of drug-likeness (QED) is 0.904. The largest absolute Gasteiger partial charge is 0.340 e. The molecule has 0 aromatic heterocycles. The van der Waals surface area contributed by atoms with Crippen LogP contribution in [0.3, 0.4) is 0 Å². The van der Waals surface area contributed by atoms with Gasteiger partial charge in [-0.05, 0) is 25.3 Å². The van der Waals surface area contributed by atoms with Gasteiger partial charge in [0.05, 0.1) is 5.92 Å². The predicted octanol–water partition coefficient (Wildman–Crippen LogP) is 3.54. The summed E-state index contributed by atoms with van der Waals surface area (Å²) in [4.78, 5) is 14.8. The molecule has 118 valence electrons. The Morgan fingerprint density at radius 1 is 1.29 bits per heavy atom. The Balaban J connectivity index is 0.00000220. The van der Waals surface area contributed by atoms with E-state index in [1.807, 2.05) is 42.2 Å². The molecule has 2 unspecified atom stereocenters. The van der Waals surface area contributed by atoms with Crippen LogP contribution < -0.4 is 5.73 Å². The van der Waals surface area contributed by atoms with Crippen LogP contribution in [0.2, 0.25) is 0 Å². The lowest BCUT2D eigenvalue weighted by Crippen LogP contribution is -2.44. The molecule has 0 bridgehead atoms. The Hall–Kier alpha value is -1.06. The first kappa shape index (κ1) is 18.0. The van der Waals surface area contributed by atoms with Crippen LogP contribution in [0.5, 0.6) is 0 Å². The van der Waals surface area contributed by atoms with Crippen LogP contribution >= 0.6 is 12.4 Å². The van der Waals surface area contributed by atoms with E-state index in [-0.39, 0.29) is 30.3 Å². The normalized spacial score (nSPS) is 17.9. The monoisotopic (exact) mass is 310 g/mol. The van der Waals surface area contributed by atoms with Gasteiger partial charge in [0.25, 0.3) is 0 Å². The molecule has 1 aliphatic rings. The molecule has 21 heavy (non-hydrogen) atoms. The molecule has 1 fully saturated rings. The van der Waals surface area contributed by atoms with Crippen LogP contribution in [0.15, 0.2) is 30.3 Å². The summed E-state index contributed by atoms with van der Waals surface area (Å²) in [5.74, 6) is 0.0358. The van der Waals surface area contributed by atoms with Crippen molar-refractivity contribution in [3.63, 3.8) is 0 Å². The number of hydrogen-bond acceptors (Lipinski definition) is 2. The van der Waals surface area contributed by atoms with E-state index in [0.29, 0.717) is 6.04 Å². The van der Waals surface area contributed by atoms with Gasteiger partial charge < -0.3 is 10.6 Å². The molecule has 1 aliphatic carbocycles. The van der Waals surface area contributed by atoms with Gasteiger partial charge in [0.1, 0.15) is 0 Å². The molecular formula is C17H27ClN2O. The fourth-order valence-corrected chi connectivity index (χ4v) is 3.19. The molecule has 1 aromatic carbocycles. The number of rotatable bonds is 5. The van der Waals surface area contributed by atoms with Crippen molar-refractivity contribution in [2.24, 2.45) is 11.7 Å². The SMILES string of the molecule is CCN(C(=O)C(C)C(N)c1ccccc1)C1CCCC1.Cl. The van der Waals surface area contributed by atoms with Crippen LogP contribution in [0, 0.1) is 5.92 Å². The Kier molecular flexibility index (Phi) is 7.20. The lowest BCUT2D eigenvalue weighted by atomic mass is 9.93. The minimum atomic E-state index is -0.223. The molecule has 0 saturated heterocycles. The van der Waals surface area contributed by atoms with Gasteiger partial charge in [-0.3, -0.25) is 4.79 Å². The summed E-state index contributed by atoms with van der Waals surface area (Å²) < 4.78 is 0.